The van der Waals surface area contributed by atoms with E-state index in [9.17, 15) is 4.79 Å². The number of nitrogen functional groups attached to an aromatic ring is 1. The second-order valence-corrected chi connectivity index (χ2v) is 4.89. The van der Waals surface area contributed by atoms with Gasteiger partial charge in [0.2, 0.25) is 0 Å². The molecule has 3 rings (SSSR count). The lowest BCUT2D eigenvalue weighted by molar-refractivity contribution is 0.0933. The third-order valence-corrected chi connectivity index (χ3v) is 3.35. The van der Waals surface area contributed by atoms with Crippen molar-refractivity contribution in [3.63, 3.8) is 0 Å². The Morgan fingerprint density at radius 2 is 2.10 bits per heavy atom. The predicted octanol–water partition coefficient (Wildman–Crippen LogP) is 2.00. The van der Waals surface area contributed by atoms with Crippen molar-refractivity contribution in [2.24, 2.45) is 0 Å². The topological polar surface area (TPSA) is 64.4 Å². The molecule has 3 N–H and O–H groups in total. The maximum Gasteiger partial charge on any atom is 0.251 e. The van der Waals surface area contributed by atoms with Gasteiger partial charge in [0.05, 0.1) is 6.54 Å². The van der Waals surface area contributed by atoms with Crippen LogP contribution >= 0.6 is 0 Å². The van der Waals surface area contributed by atoms with Crippen LogP contribution in [0.3, 0.4) is 0 Å². The first-order valence-electron chi connectivity index (χ1n) is 6.60. The first kappa shape index (κ1) is 12.5. The van der Waals surface area contributed by atoms with Gasteiger partial charge in [0.25, 0.3) is 5.91 Å². The average Bonchev–Trinajstić information content (AvgIpc) is 2.87. The molecule has 4 nitrogen and oxygen atoms in total. The van der Waals surface area contributed by atoms with E-state index < -0.39 is 0 Å². The largest absolute Gasteiger partial charge is 0.488 e. The SMILES string of the molecule is Nc1cccc(C(=O)NCC2Cc3ccccc3O2)c1. The number of hydrogen-bond acceptors (Lipinski definition) is 3. The minimum Gasteiger partial charge on any atom is -0.488 e. The van der Waals surface area contributed by atoms with Gasteiger partial charge < -0.3 is 15.8 Å². The first-order valence-corrected chi connectivity index (χ1v) is 6.60. The van der Waals surface area contributed by atoms with Crippen LogP contribution in [-0.4, -0.2) is 18.6 Å². The maximum atomic E-state index is 12.0. The third kappa shape index (κ3) is 2.59. The molecular weight excluding hydrogens is 252 g/mol. The molecule has 0 saturated carbocycles. The molecular formula is C16H16N2O2. The van der Waals surface area contributed by atoms with E-state index in [1.54, 1.807) is 24.3 Å². The van der Waals surface area contributed by atoms with Crippen LogP contribution in [0.4, 0.5) is 5.69 Å². The molecule has 2 aromatic carbocycles. The van der Waals surface area contributed by atoms with Gasteiger partial charge in [-0.2, -0.15) is 0 Å². The number of amides is 1. The van der Waals surface area contributed by atoms with Gasteiger partial charge in [0, 0.05) is 17.7 Å². The standard InChI is InChI=1S/C16H16N2O2/c17-13-6-3-5-12(8-13)16(19)18-10-14-9-11-4-1-2-7-15(11)20-14/h1-8,14H,9-10,17H2,(H,18,19). The summed E-state index contributed by atoms with van der Waals surface area (Å²) in [5, 5.41) is 2.88. The Balaban J connectivity index is 1.58. The number of rotatable bonds is 3. The van der Waals surface area contributed by atoms with E-state index in [1.165, 1.54) is 5.56 Å². The van der Waals surface area contributed by atoms with Gasteiger partial charge in [0.1, 0.15) is 11.9 Å². The lowest BCUT2D eigenvalue weighted by Crippen LogP contribution is -2.34. The van der Waals surface area contributed by atoms with Gasteiger partial charge in [-0.25, -0.2) is 0 Å². The second kappa shape index (κ2) is 5.25. The first-order chi connectivity index (χ1) is 9.72. The molecule has 1 heterocycles. The highest BCUT2D eigenvalue weighted by atomic mass is 16.5. The molecule has 4 heteroatoms. The Kier molecular flexibility index (Phi) is 3.29. The van der Waals surface area contributed by atoms with Gasteiger partial charge in [-0.05, 0) is 29.8 Å². The number of nitrogens with two attached hydrogens (primary N) is 1. The van der Waals surface area contributed by atoms with E-state index in [0.29, 0.717) is 17.8 Å². The van der Waals surface area contributed by atoms with Gasteiger partial charge in [-0.3, -0.25) is 4.79 Å². The zero-order valence-electron chi connectivity index (χ0n) is 11.0. The van der Waals surface area contributed by atoms with Crippen molar-refractivity contribution >= 4 is 11.6 Å². The number of carbonyl (C=O) groups excluding carboxylic acids is 1. The summed E-state index contributed by atoms with van der Waals surface area (Å²) >= 11 is 0. The summed E-state index contributed by atoms with van der Waals surface area (Å²) in [6.07, 6.45) is 0.824. The van der Waals surface area contributed by atoms with E-state index in [4.69, 9.17) is 10.5 Å². The van der Waals surface area contributed by atoms with Gasteiger partial charge in [-0.15, -0.1) is 0 Å². The van der Waals surface area contributed by atoms with Crippen molar-refractivity contribution in [2.75, 3.05) is 12.3 Å². The molecule has 1 atom stereocenters. The van der Waals surface area contributed by atoms with Crippen molar-refractivity contribution in [2.45, 2.75) is 12.5 Å². The summed E-state index contributed by atoms with van der Waals surface area (Å²) in [4.78, 5) is 12.0. The Morgan fingerprint density at radius 1 is 1.25 bits per heavy atom. The molecule has 20 heavy (non-hydrogen) atoms. The van der Waals surface area contributed by atoms with Crippen LogP contribution in [0.15, 0.2) is 48.5 Å². The molecule has 0 fully saturated rings. The smallest absolute Gasteiger partial charge is 0.251 e. The van der Waals surface area contributed by atoms with E-state index in [2.05, 4.69) is 11.4 Å². The fourth-order valence-electron chi connectivity index (χ4n) is 2.36. The van der Waals surface area contributed by atoms with Gasteiger partial charge in [-0.1, -0.05) is 24.3 Å². The molecule has 0 aliphatic carbocycles. The second-order valence-electron chi connectivity index (χ2n) is 4.89. The molecule has 1 unspecified atom stereocenters. The normalized spacial score (nSPS) is 16.3. The number of hydrogen-bond donors (Lipinski definition) is 2. The van der Waals surface area contributed by atoms with E-state index in [0.717, 1.165) is 12.2 Å². The monoisotopic (exact) mass is 268 g/mol. The van der Waals surface area contributed by atoms with Gasteiger partial charge in [0.15, 0.2) is 0 Å². The molecule has 102 valence electrons. The Hall–Kier alpha value is -2.49. The van der Waals surface area contributed by atoms with E-state index >= 15 is 0 Å². The van der Waals surface area contributed by atoms with Crippen LogP contribution < -0.4 is 15.8 Å². The van der Waals surface area contributed by atoms with Gasteiger partial charge >= 0.3 is 0 Å². The minimum atomic E-state index is -0.128. The summed E-state index contributed by atoms with van der Waals surface area (Å²) in [5.74, 6) is 0.785. The molecule has 1 aliphatic rings. The number of carbonyl (C=O) groups is 1. The summed E-state index contributed by atoms with van der Waals surface area (Å²) in [7, 11) is 0. The molecule has 0 saturated heterocycles. The van der Waals surface area contributed by atoms with Crippen molar-refractivity contribution < 1.29 is 9.53 Å². The predicted molar refractivity (Wildman–Crippen MR) is 77.7 cm³/mol. The van der Waals surface area contributed by atoms with Crippen LogP contribution in [-0.2, 0) is 6.42 Å². The number of fused-ring (bicyclic) bond motifs is 1. The van der Waals surface area contributed by atoms with Crippen molar-refractivity contribution in [1.82, 2.24) is 5.32 Å². The molecule has 2 aromatic rings. The highest BCUT2D eigenvalue weighted by molar-refractivity contribution is 5.95. The Morgan fingerprint density at radius 3 is 2.90 bits per heavy atom. The number of nitrogens with one attached hydrogen (secondary N) is 1. The number of para-hydroxylation sites is 1. The fraction of sp³-hybridized carbons (Fsp3) is 0.188. The lowest BCUT2D eigenvalue weighted by atomic mass is 10.1. The highest BCUT2D eigenvalue weighted by Crippen LogP contribution is 2.27. The quantitative estimate of drug-likeness (QED) is 0.837. The van der Waals surface area contributed by atoms with Crippen molar-refractivity contribution in [1.29, 1.82) is 0 Å². The zero-order chi connectivity index (χ0) is 13.9. The maximum absolute atomic E-state index is 12.0. The molecule has 1 aliphatic heterocycles. The van der Waals surface area contributed by atoms with Crippen LogP contribution in [0.1, 0.15) is 15.9 Å². The fourth-order valence-corrected chi connectivity index (χ4v) is 2.36. The lowest BCUT2D eigenvalue weighted by Gasteiger charge is -2.12. The van der Waals surface area contributed by atoms with Crippen LogP contribution in [0.25, 0.3) is 0 Å². The third-order valence-electron chi connectivity index (χ3n) is 3.35. The summed E-state index contributed by atoms with van der Waals surface area (Å²) in [6, 6.07) is 14.9. The van der Waals surface area contributed by atoms with Crippen LogP contribution in [0.2, 0.25) is 0 Å². The average molecular weight is 268 g/mol. The number of ether oxygens (including phenoxy) is 1. The Labute approximate surface area is 117 Å². The summed E-state index contributed by atoms with van der Waals surface area (Å²) in [6.45, 7) is 0.488. The zero-order valence-corrected chi connectivity index (χ0v) is 11.0. The number of benzene rings is 2. The van der Waals surface area contributed by atoms with Crippen LogP contribution in [0.5, 0.6) is 5.75 Å². The summed E-state index contributed by atoms with van der Waals surface area (Å²) in [5.41, 5.74) is 8.01. The van der Waals surface area contributed by atoms with Crippen LogP contribution in [0, 0.1) is 0 Å². The molecule has 0 aromatic heterocycles. The number of anilines is 1. The minimum absolute atomic E-state index is 0.00240. The van der Waals surface area contributed by atoms with E-state index in [1.807, 2.05) is 18.2 Å². The van der Waals surface area contributed by atoms with Crippen molar-refractivity contribution in [3.8, 4) is 5.75 Å². The molecule has 1 amide bonds. The highest BCUT2D eigenvalue weighted by Gasteiger charge is 2.22. The summed E-state index contributed by atoms with van der Waals surface area (Å²) < 4.78 is 5.78. The Bertz CT molecular complexity index is 615. The molecule has 0 spiro atoms. The van der Waals surface area contributed by atoms with Crippen molar-refractivity contribution in [3.05, 3.63) is 59.7 Å². The molecule has 0 bridgehead atoms. The van der Waals surface area contributed by atoms with E-state index in [-0.39, 0.29) is 12.0 Å². The molecule has 0 radical (unpaired) electrons.